The lowest BCUT2D eigenvalue weighted by Gasteiger charge is -2.19. The molecule has 0 aliphatic heterocycles. The van der Waals surface area contributed by atoms with Crippen molar-refractivity contribution in [1.29, 1.82) is 0 Å². The minimum atomic E-state index is -4.47. The number of aromatic nitrogens is 3. The molecule has 2 heterocycles. The number of hydrogen-bond donors (Lipinski definition) is 2. The highest BCUT2D eigenvalue weighted by molar-refractivity contribution is 5.92. The summed E-state index contributed by atoms with van der Waals surface area (Å²) < 4.78 is 41.2. The summed E-state index contributed by atoms with van der Waals surface area (Å²) in [7, 11) is 1.79. The molecule has 29 heavy (non-hydrogen) atoms. The van der Waals surface area contributed by atoms with Gasteiger partial charge in [-0.3, -0.25) is 14.5 Å². The first-order valence-corrected chi connectivity index (χ1v) is 8.90. The molecule has 152 valence electrons. The van der Waals surface area contributed by atoms with E-state index in [9.17, 15) is 18.0 Å². The molecule has 2 aromatic heterocycles. The van der Waals surface area contributed by atoms with Crippen LogP contribution in [0.25, 0.3) is 11.3 Å². The van der Waals surface area contributed by atoms with Crippen LogP contribution in [-0.2, 0) is 19.6 Å². The smallest absolute Gasteiger partial charge is 0.346 e. The minimum Gasteiger partial charge on any atom is -0.346 e. The SMILES string of the molecule is Cn1nccc1-c1ccc(C(=O)N[C@@H](CN)Cc2ccccc2C(F)(F)F)nc1. The molecule has 0 saturated heterocycles. The van der Waals surface area contributed by atoms with Gasteiger partial charge in [0.2, 0.25) is 0 Å². The first kappa shape index (κ1) is 20.5. The normalized spacial score (nSPS) is 12.6. The third kappa shape index (κ3) is 4.80. The predicted octanol–water partition coefficient (Wildman–Crippen LogP) is 2.80. The lowest BCUT2D eigenvalue weighted by molar-refractivity contribution is -0.138. The Morgan fingerprint density at radius 1 is 1.21 bits per heavy atom. The summed E-state index contributed by atoms with van der Waals surface area (Å²) in [4.78, 5) is 16.6. The number of carbonyl (C=O) groups excluding carboxylic acids is 1. The van der Waals surface area contributed by atoms with Crippen LogP contribution in [0.5, 0.6) is 0 Å². The molecule has 0 radical (unpaired) electrons. The molecule has 0 aliphatic rings. The first-order chi connectivity index (χ1) is 13.8. The summed E-state index contributed by atoms with van der Waals surface area (Å²) in [6, 6.07) is 9.70. The fraction of sp³-hybridized carbons (Fsp3) is 0.250. The summed E-state index contributed by atoms with van der Waals surface area (Å²) in [5.41, 5.74) is 6.81. The number of alkyl halides is 3. The molecule has 0 saturated carbocycles. The predicted molar refractivity (Wildman–Crippen MR) is 102 cm³/mol. The van der Waals surface area contributed by atoms with Gasteiger partial charge < -0.3 is 11.1 Å². The maximum absolute atomic E-state index is 13.2. The molecule has 0 fully saturated rings. The highest BCUT2D eigenvalue weighted by Gasteiger charge is 2.33. The van der Waals surface area contributed by atoms with Crippen LogP contribution in [-0.4, -0.2) is 33.3 Å². The van der Waals surface area contributed by atoms with Crippen molar-refractivity contribution < 1.29 is 18.0 Å². The van der Waals surface area contributed by atoms with Gasteiger partial charge in [0.05, 0.1) is 11.3 Å². The molecule has 3 rings (SSSR count). The summed E-state index contributed by atoms with van der Waals surface area (Å²) in [6.45, 7) is -0.00889. The monoisotopic (exact) mass is 403 g/mol. The van der Waals surface area contributed by atoms with Gasteiger partial charge in [-0.15, -0.1) is 0 Å². The van der Waals surface area contributed by atoms with Crippen LogP contribution in [0.4, 0.5) is 13.2 Å². The van der Waals surface area contributed by atoms with Gasteiger partial charge in [-0.2, -0.15) is 18.3 Å². The molecule has 6 nitrogen and oxygen atoms in total. The van der Waals surface area contributed by atoms with Crippen LogP contribution in [0.15, 0.2) is 54.9 Å². The number of carbonyl (C=O) groups is 1. The lowest BCUT2D eigenvalue weighted by Crippen LogP contribution is -2.42. The molecular formula is C20H20F3N5O. The number of aryl methyl sites for hydroxylation is 1. The molecule has 0 unspecified atom stereocenters. The van der Waals surface area contributed by atoms with Crippen molar-refractivity contribution in [2.45, 2.75) is 18.6 Å². The second-order valence-electron chi connectivity index (χ2n) is 6.54. The summed E-state index contributed by atoms with van der Waals surface area (Å²) in [5, 5.41) is 6.75. The molecule has 9 heteroatoms. The average Bonchev–Trinajstić information content (AvgIpc) is 3.13. The van der Waals surface area contributed by atoms with Crippen molar-refractivity contribution in [3.63, 3.8) is 0 Å². The quantitative estimate of drug-likeness (QED) is 0.663. The molecule has 1 atom stereocenters. The van der Waals surface area contributed by atoms with E-state index in [1.807, 2.05) is 6.07 Å². The molecule has 1 amide bonds. The van der Waals surface area contributed by atoms with Crippen LogP contribution >= 0.6 is 0 Å². The van der Waals surface area contributed by atoms with Crippen LogP contribution < -0.4 is 11.1 Å². The number of nitrogens with two attached hydrogens (primary N) is 1. The number of nitrogens with zero attached hydrogens (tertiary/aromatic N) is 3. The number of halogens is 3. The van der Waals surface area contributed by atoms with E-state index in [1.165, 1.54) is 18.2 Å². The van der Waals surface area contributed by atoms with Gasteiger partial charge in [-0.1, -0.05) is 18.2 Å². The maximum atomic E-state index is 13.2. The van der Waals surface area contributed by atoms with Crippen molar-refractivity contribution in [2.24, 2.45) is 12.8 Å². The van der Waals surface area contributed by atoms with Gasteiger partial charge in [-0.05, 0) is 36.2 Å². The van der Waals surface area contributed by atoms with Gasteiger partial charge in [0.25, 0.3) is 5.91 Å². The van der Waals surface area contributed by atoms with Crippen molar-refractivity contribution in [1.82, 2.24) is 20.1 Å². The largest absolute Gasteiger partial charge is 0.416 e. The van der Waals surface area contributed by atoms with E-state index >= 15 is 0 Å². The number of nitrogens with one attached hydrogen (secondary N) is 1. The Labute approximate surface area is 165 Å². The zero-order valence-corrected chi connectivity index (χ0v) is 15.6. The van der Waals surface area contributed by atoms with Gasteiger partial charge in [0.1, 0.15) is 5.69 Å². The van der Waals surface area contributed by atoms with Gasteiger partial charge >= 0.3 is 6.18 Å². The molecule has 1 aromatic carbocycles. The summed E-state index contributed by atoms with van der Waals surface area (Å²) >= 11 is 0. The fourth-order valence-corrected chi connectivity index (χ4v) is 3.03. The van der Waals surface area contributed by atoms with Crippen LogP contribution in [0, 0.1) is 0 Å². The van der Waals surface area contributed by atoms with E-state index < -0.39 is 23.7 Å². The second-order valence-corrected chi connectivity index (χ2v) is 6.54. The van der Waals surface area contributed by atoms with E-state index in [4.69, 9.17) is 5.73 Å². The Bertz CT molecular complexity index is 982. The number of rotatable bonds is 6. The Morgan fingerprint density at radius 2 is 1.97 bits per heavy atom. The zero-order valence-electron chi connectivity index (χ0n) is 15.6. The molecular weight excluding hydrogens is 383 g/mol. The Hall–Kier alpha value is -3.20. The average molecular weight is 403 g/mol. The molecule has 0 aliphatic carbocycles. The molecule has 0 spiro atoms. The van der Waals surface area contributed by atoms with Crippen molar-refractivity contribution >= 4 is 5.91 Å². The molecule has 3 N–H and O–H groups in total. The molecule has 3 aromatic rings. The van der Waals surface area contributed by atoms with Crippen molar-refractivity contribution in [3.8, 4) is 11.3 Å². The maximum Gasteiger partial charge on any atom is 0.416 e. The third-order valence-electron chi connectivity index (χ3n) is 4.52. The van der Waals surface area contributed by atoms with Gasteiger partial charge in [0.15, 0.2) is 0 Å². The van der Waals surface area contributed by atoms with E-state index in [-0.39, 0.29) is 24.2 Å². The van der Waals surface area contributed by atoms with E-state index in [2.05, 4.69) is 15.4 Å². The third-order valence-corrected chi connectivity index (χ3v) is 4.52. The lowest BCUT2D eigenvalue weighted by atomic mass is 9.99. The summed E-state index contributed by atoms with van der Waals surface area (Å²) in [5.74, 6) is -0.499. The second kappa shape index (κ2) is 8.44. The fourth-order valence-electron chi connectivity index (χ4n) is 3.03. The highest BCUT2D eigenvalue weighted by Crippen LogP contribution is 2.32. The van der Waals surface area contributed by atoms with Crippen molar-refractivity contribution in [3.05, 3.63) is 71.7 Å². The topological polar surface area (TPSA) is 85.8 Å². The number of benzene rings is 1. The Kier molecular flexibility index (Phi) is 5.97. The van der Waals surface area contributed by atoms with E-state index in [1.54, 1.807) is 36.3 Å². The van der Waals surface area contributed by atoms with Gasteiger partial charge in [0, 0.05) is 37.6 Å². The standard InChI is InChI=1S/C20H20F3N5O/c1-28-18(8-9-26-28)14-6-7-17(25-12-14)19(29)27-15(11-24)10-13-4-2-3-5-16(13)20(21,22)23/h2-9,12,15H,10-11,24H2,1H3,(H,27,29)/t15-/m1/s1. The van der Waals surface area contributed by atoms with E-state index in [0.29, 0.717) is 0 Å². The van der Waals surface area contributed by atoms with Crippen LogP contribution in [0.1, 0.15) is 21.6 Å². The first-order valence-electron chi connectivity index (χ1n) is 8.90. The Morgan fingerprint density at radius 3 is 2.55 bits per heavy atom. The number of hydrogen-bond acceptors (Lipinski definition) is 4. The summed E-state index contributed by atoms with van der Waals surface area (Å²) in [6.07, 6.45) is -1.31. The highest BCUT2D eigenvalue weighted by atomic mass is 19.4. The minimum absolute atomic E-state index is 0.00889. The Balaban J connectivity index is 1.72. The van der Waals surface area contributed by atoms with Gasteiger partial charge in [-0.25, -0.2) is 0 Å². The molecule has 0 bridgehead atoms. The number of pyridine rings is 1. The zero-order chi connectivity index (χ0) is 21.0. The number of amides is 1. The van der Waals surface area contributed by atoms with Crippen molar-refractivity contribution in [2.75, 3.05) is 6.54 Å². The van der Waals surface area contributed by atoms with E-state index in [0.717, 1.165) is 17.3 Å². The van der Waals surface area contributed by atoms with Crippen LogP contribution in [0.3, 0.4) is 0 Å². The van der Waals surface area contributed by atoms with Crippen LogP contribution in [0.2, 0.25) is 0 Å².